The second-order valence-corrected chi connectivity index (χ2v) is 7.80. The lowest BCUT2D eigenvalue weighted by molar-refractivity contribution is 0.307. The molecule has 4 aromatic rings. The van der Waals surface area contributed by atoms with Crippen molar-refractivity contribution in [1.29, 1.82) is 5.26 Å². The maximum atomic E-state index is 9.37. The standard InChI is InChI=1S/C25H19ClN4O/c1-2-23-29-24-21(26)10-12-28-25(24)30(23)14-16-7-8-18-17(13-16)15-31-22-6-4-3-5-20(22)19(18)9-11-27/h3-10,12-13H,2,14-15H2,1H3/b19-9-. The van der Waals surface area contributed by atoms with E-state index in [4.69, 9.17) is 21.3 Å². The molecule has 2 aromatic carbocycles. The van der Waals surface area contributed by atoms with Crippen LogP contribution in [-0.4, -0.2) is 14.5 Å². The minimum absolute atomic E-state index is 0.443. The molecule has 0 amide bonds. The lowest BCUT2D eigenvalue weighted by atomic mass is 9.93. The molecule has 0 bridgehead atoms. The largest absolute Gasteiger partial charge is 0.488 e. The van der Waals surface area contributed by atoms with Crippen molar-refractivity contribution in [3.05, 3.63) is 93.9 Å². The Kier molecular flexibility index (Phi) is 4.93. The Hall–Kier alpha value is -3.62. The van der Waals surface area contributed by atoms with Crippen molar-refractivity contribution in [3.8, 4) is 11.8 Å². The number of halogens is 1. The Morgan fingerprint density at radius 3 is 2.90 bits per heavy atom. The zero-order valence-electron chi connectivity index (χ0n) is 17.0. The monoisotopic (exact) mass is 426 g/mol. The van der Waals surface area contributed by atoms with Gasteiger partial charge in [0, 0.05) is 29.8 Å². The molecule has 152 valence electrons. The third-order valence-electron chi connectivity index (χ3n) is 5.55. The summed E-state index contributed by atoms with van der Waals surface area (Å²) >= 11 is 6.34. The van der Waals surface area contributed by atoms with Crippen molar-refractivity contribution in [2.75, 3.05) is 0 Å². The molecule has 0 radical (unpaired) electrons. The maximum absolute atomic E-state index is 9.37. The minimum Gasteiger partial charge on any atom is -0.488 e. The molecule has 2 aromatic heterocycles. The van der Waals surface area contributed by atoms with Crippen LogP contribution in [0.2, 0.25) is 5.02 Å². The van der Waals surface area contributed by atoms with Crippen LogP contribution in [0.25, 0.3) is 16.7 Å². The summed E-state index contributed by atoms with van der Waals surface area (Å²) in [7, 11) is 0. The van der Waals surface area contributed by atoms with Gasteiger partial charge in [-0.1, -0.05) is 48.9 Å². The number of ether oxygens (including phenoxy) is 1. The fourth-order valence-electron chi connectivity index (χ4n) is 4.11. The molecule has 0 saturated heterocycles. The van der Waals surface area contributed by atoms with E-state index in [0.29, 0.717) is 18.2 Å². The minimum atomic E-state index is 0.443. The van der Waals surface area contributed by atoms with Gasteiger partial charge in [0.1, 0.15) is 23.7 Å². The summed E-state index contributed by atoms with van der Waals surface area (Å²) in [6.45, 7) is 3.15. The molecule has 0 N–H and O–H groups in total. The van der Waals surface area contributed by atoms with E-state index in [1.54, 1.807) is 18.3 Å². The van der Waals surface area contributed by atoms with E-state index < -0.39 is 0 Å². The molecular formula is C25H19ClN4O. The van der Waals surface area contributed by atoms with E-state index in [1.165, 1.54) is 0 Å². The van der Waals surface area contributed by atoms with Gasteiger partial charge < -0.3 is 9.30 Å². The molecule has 1 aliphatic rings. The molecule has 1 aliphatic heterocycles. The van der Waals surface area contributed by atoms with Crippen molar-refractivity contribution < 1.29 is 4.74 Å². The number of rotatable bonds is 3. The third kappa shape index (κ3) is 3.35. The second-order valence-electron chi connectivity index (χ2n) is 7.40. The van der Waals surface area contributed by atoms with Gasteiger partial charge in [-0.25, -0.2) is 9.97 Å². The van der Waals surface area contributed by atoms with Crippen LogP contribution in [0.5, 0.6) is 5.75 Å². The van der Waals surface area contributed by atoms with Crippen molar-refractivity contribution >= 4 is 28.3 Å². The first-order valence-electron chi connectivity index (χ1n) is 10.1. The molecule has 0 fully saturated rings. The smallest absolute Gasteiger partial charge is 0.161 e. The van der Waals surface area contributed by atoms with Crippen LogP contribution in [-0.2, 0) is 19.6 Å². The Bertz CT molecular complexity index is 1380. The average molecular weight is 427 g/mol. The number of aryl methyl sites for hydroxylation is 1. The molecule has 0 unspecified atom stereocenters. The first-order valence-corrected chi connectivity index (χ1v) is 10.5. The van der Waals surface area contributed by atoms with E-state index in [2.05, 4.69) is 40.7 Å². The number of fused-ring (bicyclic) bond motifs is 3. The van der Waals surface area contributed by atoms with E-state index in [9.17, 15) is 5.26 Å². The number of hydrogen-bond acceptors (Lipinski definition) is 4. The number of para-hydroxylation sites is 1. The van der Waals surface area contributed by atoms with Crippen molar-refractivity contribution in [1.82, 2.24) is 14.5 Å². The van der Waals surface area contributed by atoms with Crippen molar-refractivity contribution in [2.45, 2.75) is 26.5 Å². The number of pyridine rings is 1. The van der Waals surface area contributed by atoms with Gasteiger partial charge in [0.15, 0.2) is 5.65 Å². The summed E-state index contributed by atoms with van der Waals surface area (Å²) in [5, 5.41) is 9.98. The zero-order chi connectivity index (χ0) is 21.4. The SMILES string of the molecule is CCc1nc2c(Cl)ccnc2n1Cc1ccc2c(c1)COc1ccccc1/C2=C\C#N. The lowest BCUT2D eigenvalue weighted by Gasteiger charge is -2.12. The highest BCUT2D eigenvalue weighted by Gasteiger charge is 2.20. The van der Waals surface area contributed by atoms with Gasteiger partial charge in [-0.15, -0.1) is 0 Å². The van der Waals surface area contributed by atoms with Crippen LogP contribution in [0.4, 0.5) is 0 Å². The summed E-state index contributed by atoms with van der Waals surface area (Å²) < 4.78 is 8.19. The van der Waals surface area contributed by atoms with Gasteiger partial charge in [-0.3, -0.25) is 0 Å². The number of nitrogens with zero attached hydrogens (tertiary/aromatic N) is 4. The molecule has 6 heteroatoms. The molecule has 0 spiro atoms. The number of aromatic nitrogens is 3. The molecule has 31 heavy (non-hydrogen) atoms. The fraction of sp³-hybridized carbons (Fsp3) is 0.160. The Labute approximate surface area is 185 Å². The van der Waals surface area contributed by atoms with E-state index in [1.807, 2.05) is 24.3 Å². The van der Waals surface area contributed by atoms with Gasteiger partial charge in [0.05, 0.1) is 17.6 Å². The Morgan fingerprint density at radius 2 is 2.06 bits per heavy atom. The number of imidazole rings is 1. The predicted molar refractivity (Wildman–Crippen MR) is 121 cm³/mol. The van der Waals surface area contributed by atoms with Crippen LogP contribution in [0.15, 0.2) is 60.8 Å². The molecule has 0 atom stereocenters. The van der Waals surface area contributed by atoms with E-state index >= 15 is 0 Å². The topological polar surface area (TPSA) is 63.7 Å². The molecule has 5 nitrogen and oxygen atoms in total. The second kappa shape index (κ2) is 7.90. The fourth-order valence-corrected chi connectivity index (χ4v) is 4.30. The molecule has 3 heterocycles. The number of hydrogen-bond donors (Lipinski definition) is 0. The van der Waals surface area contributed by atoms with Gasteiger partial charge in [0.25, 0.3) is 0 Å². The summed E-state index contributed by atoms with van der Waals surface area (Å²) in [6, 6.07) is 18.1. The Balaban J connectivity index is 1.58. The summed E-state index contributed by atoms with van der Waals surface area (Å²) in [5.41, 5.74) is 6.50. The molecular weight excluding hydrogens is 408 g/mol. The van der Waals surface area contributed by atoms with Gasteiger partial charge in [0.2, 0.25) is 0 Å². The Morgan fingerprint density at radius 1 is 1.19 bits per heavy atom. The summed E-state index contributed by atoms with van der Waals surface area (Å²) in [4.78, 5) is 9.21. The number of allylic oxidation sites excluding steroid dienone is 1. The van der Waals surface area contributed by atoms with Gasteiger partial charge in [-0.05, 0) is 34.9 Å². The van der Waals surface area contributed by atoms with E-state index in [0.717, 1.165) is 57.0 Å². The molecule has 0 saturated carbocycles. The lowest BCUT2D eigenvalue weighted by Crippen LogP contribution is -2.06. The first kappa shape index (κ1) is 19.3. The van der Waals surface area contributed by atoms with Gasteiger partial charge >= 0.3 is 0 Å². The zero-order valence-corrected chi connectivity index (χ0v) is 17.7. The van der Waals surface area contributed by atoms with Crippen LogP contribution < -0.4 is 4.74 Å². The molecule has 0 aliphatic carbocycles. The highest BCUT2D eigenvalue weighted by Crippen LogP contribution is 2.37. The van der Waals surface area contributed by atoms with Crippen LogP contribution in [0.1, 0.15) is 35.0 Å². The van der Waals surface area contributed by atoms with Crippen LogP contribution in [0, 0.1) is 11.3 Å². The number of benzene rings is 2. The first-order chi connectivity index (χ1) is 15.2. The quantitative estimate of drug-likeness (QED) is 0.403. The predicted octanol–water partition coefficient (Wildman–Crippen LogP) is 5.54. The summed E-state index contributed by atoms with van der Waals surface area (Å²) in [6.07, 6.45) is 4.09. The van der Waals surface area contributed by atoms with Crippen LogP contribution in [0.3, 0.4) is 0 Å². The normalized spacial score (nSPS) is 13.9. The van der Waals surface area contributed by atoms with Gasteiger partial charge in [-0.2, -0.15) is 5.26 Å². The highest BCUT2D eigenvalue weighted by atomic mass is 35.5. The summed E-state index contributed by atoms with van der Waals surface area (Å²) in [5.74, 6) is 1.73. The maximum Gasteiger partial charge on any atom is 0.161 e. The number of nitriles is 1. The molecule has 5 rings (SSSR count). The van der Waals surface area contributed by atoms with Crippen LogP contribution >= 0.6 is 11.6 Å². The average Bonchev–Trinajstić information content (AvgIpc) is 3.07. The third-order valence-corrected chi connectivity index (χ3v) is 5.85. The van der Waals surface area contributed by atoms with Crippen molar-refractivity contribution in [2.24, 2.45) is 0 Å². The van der Waals surface area contributed by atoms with E-state index in [-0.39, 0.29) is 0 Å². The highest BCUT2D eigenvalue weighted by molar-refractivity contribution is 6.34. The van der Waals surface area contributed by atoms with Crippen molar-refractivity contribution in [3.63, 3.8) is 0 Å².